The summed E-state index contributed by atoms with van der Waals surface area (Å²) in [4.78, 5) is 34.8. The number of anilines is 1. The predicted molar refractivity (Wildman–Crippen MR) is 138 cm³/mol. The lowest BCUT2D eigenvalue weighted by Crippen LogP contribution is -2.55. The number of carbonyl (C=O) groups is 1. The van der Waals surface area contributed by atoms with Crippen molar-refractivity contribution >= 4 is 34.2 Å². The van der Waals surface area contributed by atoms with Crippen molar-refractivity contribution < 1.29 is 4.79 Å². The molecule has 1 aliphatic rings. The minimum atomic E-state index is -0.108. The van der Waals surface area contributed by atoms with E-state index >= 15 is 0 Å². The fourth-order valence-electron chi connectivity index (χ4n) is 4.58. The third kappa shape index (κ3) is 4.81. The maximum atomic E-state index is 12.9. The number of nitrogens with zero attached hydrogens (tertiary/aromatic N) is 4. The van der Waals surface area contributed by atoms with E-state index in [4.69, 9.17) is 16.6 Å². The molecule has 4 rings (SSSR count). The fraction of sp³-hybridized carbons (Fsp3) is 0.423. The number of halogens is 1. The highest BCUT2D eigenvalue weighted by Gasteiger charge is 2.31. The highest BCUT2D eigenvalue weighted by Crippen LogP contribution is 2.24. The van der Waals surface area contributed by atoms with E-state index in [1.807, 2.05) is 17.0 Å². The second-order valence-corrected chi connectivity index (χ2v) is 9.85. The number of urea groups is 1. The Bertz CT molecular complexity index is 1250. The Kier molecular flexibility index (Phi) is 6.96. The summed E-state index contributed by atoms with van der Waals surface area (Å²) >= 11 is 6.07. The van der Waals surface area contributed by atoms with Gasteiger partial charge in [0.2, 0.25) is 0 Å². The third-order valence-corrected chi connectivity index (χ3v) is 6.98. The Hall–Kier alpha value is -2.90. The third-order valence-electron chi connectivity index (χ3n) is 6.74. The number of benzene rings is 2. The number of piperazine rings is 1. The lowest BCUT2D eigenvalue weighted by Gasteiger charge is -2.42. The highest BCUT2D eigenvalue weighted by molar-refractivity contribution is 6.31. The first-order valence-electron chi connectivity index (χ1n) is 11.7. The van der Waals surface area contributed by atoms with Crippen molar-refractivity contribution in [1.29, 1.82) is 0 Å². The standard InChI is InChI=1S/C26H32ClN5O2/c1-16(2)19-6-9-21(10-7-19)28-26(34)32-13-12-31(15-17(32)3)18(4)24-29-23-11-8-20(27)14-22(23)25(33)30(24)5/h6-11,14,16-18H,12-13,15H2,1-5H3,(H,28,34). The van der Waals surface area contributed by atoms with Crippen molar-refractivity contribution in [3.63, 3.8) is 0 Å². The second kappa shape index (κ2) is 9.76. The van der Waals surface area contributed by atoms with Crippen LogP contribution in [0.3, 0.4) is 0 Å². The van der Waals surface area contributed by atoms with E-state index in [-0.39, 0.29) is 23.7 Å². The fourth-order valence-corrected chi connectivity index (χ4v) is 4.76. The molecule has 2 aromatic carbocycles. The Morgan fingerprint density at radius 2 is 1.82 bits per heavy atom. The zero-order valence-corrected chi connectivity index (χ0v) is 21.1. The van der Waals surface area contributed by atoms with Crippen LogP contribution in [-0.2, 0) is 7.05 Å². The summed E-state index contributed by atoms with van der Waals surface area (Å²) in [5, 5.41) is 4.06. The van der Waals surface area contributed by atoms with Gasteiger partial charge in [0.05, 0.1) is 16.9 Å². The van der Waals surface area contributed by atoms with Crippen LogP contribution in [0.1, 0.15) is 51.0 Å². The first-order chi connectivity index (χ1) is 16.2. The number of carbonyl (C=O) groups excluding carboxylic acids is 1. The average Bonchev–Trinajstić information content (AvgIpc) is 2.81. The number of hydrogen-bond acceptors (Lipinski definition) is 4. The lowest BCUT2D eigenvalue weighted by atomic mass is 10.0. The van der Waals surface area contributed by atoms with Crippen LogP contribution in [0.2, 0.25) is 5.02 Å². The van der Waals surface area contributed by atoms with Crippen LogP contribution in [0.15, 0.2) is 47.3 Å². The summed E-state index contributed by atoms with van der Waals surface area (Å²) in [7, 11) is 1.75. The summed E-state index contributed by atoms with van der Waals surface area (Å²) in [6.45, 7) is 10.4. The average molecular weight is 482 g/mol. The van der Waals surface area contributed by atoms with Gasteiger partial charge in [-0.3, -0.25) is 14.3 Å². The molecule has 0 spiro atoms. The van der Waals surface area contributed by atoms with Crippen LogP contribution in [0.25, 0.3) is 10.9 Å². The minimum Gasteiger partial charge on any atom is -0.319 e. The first kappa shape index (κ1) is 24.2. The monoisotopic (exact) mass is 481 g/mol. The van der Waals surface area contributed by atoms with E-state index in [9.17, 15) is 9.59 Å². The van der Waals surface area contributed by atoms with Gasteiger partial charge in [-0.05, 0) is 55.7 Å². The summed E-state index contributed by atoms with van der Waals surface area (Å²) in [5.41, 5.74) is 2.58. The van der Waals surface area contributed by atoms with E-state index in [0.29, 0.717) is 47.3 Å². The van der Waals surface area contributed by atoms with Gasteiger partial charge >= 0.3 is 6.03 Å². The van der Waals surface area contributed by atoms with Gasteiger partial charge in [-0.15, -0.1) is 0 Å². The smallest absolute Gasteiger partial charge is 0.319 e. The topological polar surface area (TPSA) is 70.5 Å². The van der Waals surface area contributed by atoms with Crippen LogP contribution in [0.4, 0.5) is 10.5 Å². The maximum Gasteiger partial charge on any atom is 0.322 e. The van der Waals surface area contributed by atoms with Gasteiger partial charge < -0.3 is 10.2 Å². The molecule has 0 aliphatic carbocycles. The predicted octanol–water partition coefficient (Wildman–Crippen LogP) is 5.01. The Balaban J connectivity index is 1.46. The van der Waals surface area contributed by atoms with Crippen molar-refractivity contribution in [2.45, 2.75) is 45.7 Å². The Morgan fingerprint density at radius 3 is 2.47 bits per heavy atom. The molecule has 1 aromatic heterocycles. The minimum absolute atomic E-state index is 0.0161. The normalized spacial score (nSPS) is 17.9. The van der Waals surface area contributed by atoms with Crippen molar-refractivity contribution in [2.75, 3.05) is 25.0 Å². The first-order valence-corrected chi connectivity index (χ1v) is 12.1. The number of amides is 2. The van der Waals surface area contributed by atoms with Crippen LogP contribution in [0, 0.1) is 0 Å². The van der Waals surface area contributed by atoms with Gasteiger partial charge in [0.25, 0.3) is 5.56 Å². The molecule has 2 amide bonds. The molecule has 1 fully saturated rings. The van der Waals surface area contributed by atoms with Gasteiger partial charge in [0, 0.05) is 43.4 Å². The second-order valence-electron chi connectivity index (χ2n) is 9.42. The molecule has 0 saturated carbocycles. The summed E-state index contributed by atoms with van der Waals surface area (Å²) in [6.07, 6.45) is 0. The van der Waals surface area contributed by atoms with E-state index in [2.05, 4.69) is 50.0 Å². The SMILES string of the molecule is CC(C)c1ccc(NC(=O)N2CCN(C(C)c3nc4ccc(Cl)cc4c(=O)n3C)CC2C)cc1. The number of nitrogens with one attached hydrogen (secondary N) is 1. The van der Waals surface area contributed by atoms with Crippen molar-refractivity contribution in [1.82, 2.24) is 19.4 Å². The molecule has 2 atom stereocenters. The zero-order chi connectivity index (χ0) is 24.6. The Morgan fingerprint density at radius 1 is 1.12 bits per heavy atom. The molecule has 0 bridgehead atoms. The number of aromatic nitrogens is 2. The molecule has 1 N–H and O–H groups in total. The Labute approximate surface area is 205 Å². The van der Waals surface area contributed by atoms with Crippen LogP contribution >= 0.6 is 11.6 Å². The summed E-state index contributed by atoms with van der Waals surface area (Å²) < 4.78 is 1.61. The van der Waals surface area contributed by atoms with E-state index in [0.717, 1.165) is 5.69 Å². The molecular weight excluding hydrogens is 450 g/mol. The van der Waals surface area contributed by atoms with Crippen LogP contribution in [0.5, 0.6) is 0 Å². The molecule has 0 radical (unpaired) electrons. The largest absolute Gasteiger partial charge is 0.322 e. The maximum absolute atomic E-state index is 12.9. The molecule has 7 nitrogen and oxygen atoms in total. The van der Waals surface area contributed by atoms with Gasteiger partial charge in [-0.25, -0.2) is 9.78 Å². The van der Waals surface area contributed by atoms with Gasteiger partial charge in [0.1, 0.15) is 5.82 Å². The quantitative estimate of drug-likeness (QED) is 0.568. The molecule has 3 aromatic rings. The van der Waals surface area contributed by atoms with E-state index < -0.39 is 0 Å². The molecule has 180 valence electrons. The molecule has 1 saturated heterocycles. The van der Waals surface area contributed by atoms with Gasteiger partial charge in [-0.2, -0.15) is 0 Å². The molecule has 8 heteroatoms. The molecule has 2 unspecified atom stereocenters. The molecular formula is C26H32ClN5O2. The zero-order valence-electron chi connectivity index (χ0n) is 20.4. The summed E-state index contributed by atoms with van der Waals surface area (Å²) in [5.74, 6) is 1.16. The molecule has 34 heavy (non-hydrogen) atoms. The van der Waals surface area contributed by atoms with Crippen LogP contribution in [-0.4, -0.2) is 51.1 Å². The summed E-state index contributed by atoms with van der Waals surface area (Å²) in [6, 6.07) is 13.1. The van der Waals surface area contributed by atoms with E-state index in [1.165, 1.54) is 5.56 Å². The lowest BCUT2D eigenvalue weighted by molar-refractivity contribution is 0.0796. The van der Waals surface area contributed by atoms with Crippen molar-refractivity contribution in [2.24, 2.45) is 7.05 Å². The molecule has 2 heterocycles. The van der Waals surface area contributed by atoms with Crippen molar-refractivity contribution in [3.8, 4) is 0 Å². The van der Waals surface area contributed by atoms with E-state index in [1.54, 1.807) is 29.8 Å². The molecule has 1 aliphatic heterocycles. The number of rotatable bonds is 4. The highest BCUT2D eigenvalue weighted by atomic mass is 35.5. The van der Waals surface area contributed by atoms with Gasteiger partial charge in [-0.1, -0.05) is 37.6 Å². The van der Waals surface area contributed by atoms with Crippen molar-refractivity contribution in [3.05, 3.63) is 69.2 Å². The number of fused-ring (bicyclic) bond motifs is 1. The van der Waals surface area contributed by atoms with Crippen LogP contribution < -0.4 is 10.9 Å². The van der Waals surface area contributed by atoms with Gasteiger partial charge in [0.15, 0.2) is 0 Å². The number of hydrogen-bond donors (Lipinski definition) is 1.